The van der Waals surface area contributed by atoms with Gasteiger partial charge in [0.15, 0.2) is 0 Å². The third kappa shape index (κ3) is 2.73. The van der Waals surface area contributed by atoms with Gasteiger partial charge in [-0.15, -0.1) is 11.3 Å². The predicted octanol–water partition coefficient (Wildman–Crippen LogP) is 4.70. The summed E-state index contributed by atoms with van der Waals surface area (Å²) in [6.45, 7) is 0. The third-order valence-electron chi connectivity index (χ3n) is 4.13. The first kappa shape index (κ1) is 16.0. The van der Waals surface area contributed by atoms with Gasteiger partial charge in [0.05, 0.1) is 11.3 Å². The lowest BCUT2D eigenvalue weighted by Gasteiger charge is -2.14. The van der Waals surface area contributed by atoms with Crippen molar-refractivity contribution in [1.82, 2.24) is 9.97 Å². The van der Waals surface area contributed by atoms with Crippen molar-refractivity contribution in [1.29, 1.82) is 5.26 Å². The summed E-state index contributed by atoms with van der Waals surface area (Å²) in [6, 6.07) is 19.4. The Labute approximate surface area is 154 Å². The molecule has 0 atom stereocenters. The van der Waals surface area contributed by atoms with Gasteiger partial charge in [-0.25, -0.2) is 0 Å². The van der Waals surface area contributed by atoms with Crippen molar-refractivity contribution in [3.8, 4) is 39.6 Å². The van der Waals surface area contributed by atoms with Gasteiger partial charge in [0.2, 0.25) is 0 Å². The van der Waals surface area contributed by atoms with Crippen LogP contribution in [0.25, 0.3) is 33.5 Å². The SMILES string of the molecule is N#Cc1sccc1-c1c(-c2ccccc2)c(-c2ccccn2)c[nH]c1=O. The van der Waals surface area contributed by atoms with Crippen LogP contribution in [-0.2, 0) is 0 Å². The summed E-state index contributed by atoms with van der Waals surface area (Å²) in [5.74, 6) is 0. The molecule has 0 saturated heterocycles. The van der Waals surface area contributed by atoms with Crippen LogP contribution < -0.4 is 5.56 Å². The van der Waals surface area contributed by atoms with E-state index in [4.69, 9.17) is 0 Å². The third-order valence-corrected chi connectivity index (χ3v) is 4.95. The van der Waals surface area contributed by atoms with E-state index in [2.05, 4.69) is 16.0 Å². The molecule has 5 heteroatoms. The van der Waals surface area contributed by atoms with E-state index in [0.29, 0.717) is 16.0 Å². The molecular weight excluding hydrogens is 342 g/mol. The molecule has 124 valence electrons. The molecule has 3 aromatic heterocycles. The minimum absolute atomic E-state index is 0.224. The normalized spacial score (nSPS) is 10.4. The van der Waals surface area contributed by atoms with Gasteiger partial charge in [0.25, 0.3) is 5.56 Å². The molecule has 0 radical (unpaired) electrons. The molecule has 0 bridgehead atoms. The highest BCUT2D eigenvalue weighted by molar-refractivity contribution is 7.11. The summed E-state index contributed by atoms with van der Waals surface area (Å²) >= 11 is 1.33. The van der Waals surface area contributed by atoms with Crippen molar-refractivity contribution < 1.29 is 0 Å². The summed E-state index contributed by atoms with van der Waals surface area (Å²) in [5, 5.41) is 11.3. The van der Waals surface area contributed by atoms with Crippen LogP contribution in [0, 0.1) is 11.3 Å². The Hall–Kier alpha value is -3.49. The van der Waals surface area contributed by atoms with Crippen LogP contribution in [0.4, 0.5) is 0 Å². The van der Waals surface area contributed by atoms with Gasteiger partial charge < -0.3 is 4.98 Å². The minimum Gasteiger partial charge on any atom is -0.328 e. The molecule has 1 aromatic carbocycles. The number of nitriles is 1. The van der Waals surface area contributed by atoms with Crippen LogP contribution >= 0.6 is 11.3 Å². The Morgan fingerprint density at radius 2 is 1.77 bits per heavy atom. The Bertz CT molecular complexity index is 1160. The number of pyridine rings is 2. The van der Waals surface area contributed by atoms with E-state index in [-0.39, 0.29) is 5.56 Å². The minimum atomic E-state index is -0.224. The smallest absolute Gasteiger partial charge is 0.256 e. The summed E-state index contributed by atoms with van der Waals surface area (Å²) in [5.41, 5.74) is 4.19. The fraction of sp³-hybridized carbons (Fsp3) is 0. The summed E-state index contributed by atoms with van der Waals surface area (Å²) in [4.78, 5) is 20.6. The van der Waals surface area contributed by atoms with Crippen LogP contribution in [0.2, 0.25) is 0 Å². The largest absolute Gasteiger partial charge is 0.328 e. The topological polar surface area (TPSA) is 69.5 Å². The molecule has 0 amide bonds. The Morgan fingerprint density at radius 3 is 2.50 bits per heavy atom. The fourth-order valence-electron chi connectivity index (χ4n) is 3.01. The van der Waals surface area contributed by atoms with E-state index in [0.717, 1.165) is 22.4 Å². The van der Waals surface area contributed by atoms with E-state index in [1.807, 2.05) is 60.0 Å². The summed E-state index contributed by atoms with van der Waals surface area (Å²) in [6.07, 6.45) is 3.41. The number of nitrogens with one attached hydrogen (secondary N) is 1. The number of thiophene rings is 1. The first-order chi connectivity index (χ1) is 12.8. The van der Waals surface area contributed by atoms with Crippen molar-refractivity contribution in [3.05, 3.63) is 87.6 Å². The van der Waals surface area contributed by atoms with Crippen molar-refractivity contribution in [3.63, 3.8) is 0 Å². The molecule has 0 aliphatic carbocycles. The molecule has 0 aliphatic heterocycles. The quantitative estimate of drug-likeness (QED) is 0.579. The number of rotatable bonds is 3. The van der Waals surface area contributed by atoms with Crippen LogP contribution in [-0.4, -0.2) is 9.97 Å². The number of H-pyrrole nitrogens is 1. The average molecular weight is 355 g/mol. The van der Waals surface area contributed by atoms with Gasteiger partial charge in [-0.1, -0.05) is 36.4 Å². The second kappa shape index (κ2) is 6.79. The van der Waals surface area contributed by atoms with E-state index >= 15 is 0 Å². The van der Waals surface area contributed by atoms with Crippen LogP contribution in [0.1, 0.15) is 4.88 Å². The second-order valence-electron chi connectivity index (χ2n) is 5.64. The molecule has 0 unspecified atom stereocenters. The molecule has 4 rings (SSSR count). The zero-order valence-electron chi connectivity index (χ0n) is 13.6. The molecule has 0 saturated carbocycles. The number of hydrogen-bond acceptors (Lipinski definition) is 4. The van der Waals surface area contributed by atoms with Gasteiger partial charge >= 0.3 is 0 Å². The molecule has 0 aliphatic rings. The molecule has 0 spiro atoms. The zero-order valence-corrected chi connectivity index (χ0v) is 14.5. The maximum Gasteiger partial charge on any atom is 0.256 e. The van der Waals surface area contributed by atoms with Gasteiger partial charge in [-0.2, -0.15) is 5.26 Å². The first-order valence-corrected chi connectivity index (χ1v) is 8.88. The average Bonchev–Trinajstić information content (AvgIpc) is 3.17. The monoisotopic (exact) mass is 355 g/mol. The number of hydrogen-bond donors (Lipinski definition) is 1. The Kier molecular flexibility index (Phi) is 4.18. The Balaban J connectivity index is 2.12. The molecule has 4 aromatic rings. The first-order valence-electron chi connectivity index (χ1n) is 8.00. The standard InChI is InChI=1S/C21H13N3OS/c22-12-18-15(9-11-26-18)20-19(14-6-2-1-3-7-14)16(13-24-21(20)25)17-8-4-5-10-23-17/h1-11,13H,(H,24,25). The van der Waals surface area contributed by atoms with E-state index in [1.165, 1.54) is 11.3 Å². The summed E-state index contributed by atoms with van der Waals surface area (Å²) in [7, 11) is 0. The fourth-order valence-corrected chi connectivity index (χ4v) is 3.70. The molecule has 1 N–H and O–H groups in total. The van der Waals surface area contributed by atoms with Gasteiger partial charge in [0.1, 0.15) is 10.9 Å². The van der Waals surface area contributed by atoms with Crippen molar-refractivity contribution in [2.75, 3.05) is 0 Å². The second-order valence-corrected chi connectivity index (χ2v) is 6.55. The lowest BCUT2D eigenvalue weighted by molar-refractivity contribution is 1.22. The Morgan fingerprint density at radius 1 is 0.962 bits per heavy atom. The van der Waals surface area contributed by atoms with Crippen molar-refractivity contribution in [2.24, 2.45) is 0 Å². The lowest BCUT2D eigenvalue weighted by atomic mass is 9.91. The molecule has 3 heterocycles. The maximum atomic E-state index is 12.8. The zero-order chi connectivity index (χ0) is 17.9. The highest BCUT2D eigenvalue weighted by Crippen LogP contribution is 2.38. The number of aromatic amines is 1. The predicted molar refractivity (Wildman–Crippen MR) is 104 cm³/mol. The van der Waals surface area contributed by atoms with Gasteiger partial charge in [-0.05, 0) is 29.1 Å². The van der Waals surface area contributed by atoms with E-state index in [1.54, 1.807) is 12.4 Å². The molecule has 0 fully saturated rings. The van der Waals surface area contributed by atoms with E-state index in [9.17, 15) is 10.1 Å². The maximum absolute atomic E-state index is 12.8. The van der Waals surface area contributed by atoms with Crippen LogP contribution in [0.3, 0.4) is 0 Å². The number of nitrogens with zero attached hydrogens (tertiary/aromatic N) is 2. The lowest BCUT2D eigenvalue weighted by Crippen LogP contribution is -2.11. The summed E-state index contributed by atoms with van der Waals surface area (Å²) < 4.78 is 0. The van der Waals surface area contributed by atoms with Gasteiger partial charge in [-0.3, -0.25) is 9.78 Å². The van der Waals surface area contributed by atoms with Crippen molar-refractivity contribution in [2.45, 2.75) is 0 Å². The highest BCUT2D eigenvalue weighted by Gasteiger charge is 2.20. The number of benzene rings is 1. The molecule has 26 heavy (non-hydrogen) atoms. The highest BCUT2D eigenvalue weighted by atomic mass is 32.1. The molecular formula is C21H13N3OS. The van der Waals surface area contributed by atoms with Crippen molar-refractivity contribution >= 4 is 11.3 Å². The molecule has 4 nitrogen and oxygen atoms in total. The van der Waals surface area contributed by atoms with Crippen LogP contribution in [0.5, 0.6) is 0 Å². The van der Waals surface area contributed by atoms with Gasteiger partial charge in [0, 0.05) is 29.1 Å². The van der Waals surface area contributed by atoms with Crippen LogP contribution in [0.15, 0.2) is 77.2 Å². The van der Waals surface area contributed by atoms with E-state index < -0.39 is 0 Å². The number of aromatic nitrogens is 2.